The van der Waals surface area contributed by atoms with Crippen LogP contribution in [-0.4, -0.2) is 36.4 Å². The lowest BCUT2D eigenvalue weighted by atomic mass is 10.1. The molecule has 16 heteroatoms. The topological polar surface area (TPSA) is 107 Å². The first kappa shape index (κ1) is 38.9. The molecule has 6 aromatic rings. The van der Waals surface area contributed by atoms with Crippen molar-refractivity contribution in [2.75, 3.05) is 10.6 Å². The average molecular weight is 790 g/mol. The van der Waals surface area contributed by atoms with Gasteiger partial charge in [0.15, 0.2) is 11.4 Å². The van der Waals surface area contributed by atoms with Gasteiger partial charge < -0.3 is 10.6 Å². The summed E-state index contributed by atoms with van der Waals surface area (Å²) < 4.78 is 93.9. The van der Waals surface area contributed by atoms with E-state index in [0.29, 0.717) is 45.4 Å². The van der Waals surface area contributed by atoms with Gasteiger partial charge in [0.05, 0.1) is 24.2 Å². The minimum absolute atomic E-state index is 0.0853. The smallest absolute Gasteiger partial charge is 0.326 e. The highest BCUT2D eigenvalue weighted by atomic mass is 19.4. The quantitative estimate of drug-likeness (QED) is 0.135. The van der Waals surface area contributed by atoms with Gasteiger partial charge in [-0.1, -0.05) is 18.2 Å². The van der Waals surface area contributed by atoms with Gasteiger partial charge in [-0.2, -0.15) is 36.5 Å². The van der Waals surface area contributed by atoms with Crippen LogP contribution in [0.25, 0.3) is 11.4 Å². The fourth-order valence-corrected chi connectivity index (χ4v) is 6.06. The number of carbonyl (C=O) groups excluding carboxylic acids is 2. The number of nitrogens with one attached hydrogen (secondary N) is 2. The number of amides is 2. The number of carbonyl (C=O) groups is 2. The average Bonchev–Trinajstić information content (AvgIpc) is 4.11. The largest absolute Gasteiger partial charge is 0.435 e. The van der Waals surface area contributed by atoms with Crippen molar-refractivity contribution >= 4 is 23.2 Å². The van der Waals surface area contributed by atoms with Gasteiger partial charge in [0, 0.05) is 46.5 Å². The van der Waals surface area contributed by atoms with Gasteiger partial charge in [-0.05, 0) is 116 Å². The molecule has 0 aliphatic heterocycles. The summed E-state index contributed by atoms with van der Waals surface area (Å²) in [6.45, 7) is 0. The molecule has 294 valence electrons. The van der Waals surface area contributed by atoms with Crippen LogP contribution >= 0.6 is 0 Å². The van der Waals surface area contributed by atoms with Crippen LogP contribution in [0, 0.1) is 5.82 Å². The van der Waals surface area contributed by atoms with E-state index in [-0.39, 0.29) is 42.3 Å². The number of pyridine rings is 1. The summed E-state index contributed by atoms with van der Waals surface area (Å²) in [5.41, 5.74) is 2.74. The number of benzene rings is 3. The van der Waals surface area contributed by atoms with Crippen LogP contribution in [0.3, 0.4) is 0 Å². The predicted octanol–water partition coefficient (Wildman–Crippen LogP) is 9.43. The Bertz CT molecular complexity index is 2330. The van der Waals surface area contributed by atoms with Crippen molar-refractivity contribution in [1.82, 2.24) is 24.5 Å². The van der Waals surface area contributed by atoms with Crippen LogP contribution in [0.1, 0.15) is 71.6 Å². The van der Waals surface area contributed by atoms with Crippen molar-refractivity contribution in [2.24, 2.45) is 0 Å². The van der Waals surface area contributed by atoms with Crippen molar-refractivity contribution in [3.8, 4) is 11.4 Å². The van der Waals surface area contributed by atoms with Gasteiger partial charge in [0.1, 0.15) is 5.82 Å². The first-order chi connectivity index (χ1) is 27.2. The summed E-state index contributed by atoms with van der Waals surface area (Å²) in [7, 11) is 0. The molecule has 2 saturated carbocycles. The van der Waals surface area contributed by atoms with Gasteiger partial charge in [0.2, 0.25) is 11.8 Å². The molecule has 2 N–H and O–H groups in total. The Kier molecular flexibility index (Phi) is 11.0. The van der Waals surface area contributed by atoms with Crippen LogP contribution in [-0.2, 0) is 34.8 Å². The predicted molar refractivity (Wildman–Crippen MR) is 196 cm³/mol. The van der Waals surface area contributed by atoms with E-state index < -0.39 is 23.7 Å². The Hall–Kier alpha value is -6.32. The van der Waals surface area contributed by atoms with E-state index in [1.807, 2.05) is 0 Å². The van der Waals surface area contributed by atoms with Crippen molar-refractivity contribution in [1.29, 1.82) is 0 Å². The first-order valence-corrected chi connectivity index (χ1v) is 18.0. The van der Waals surface area contributed by atoms with Crippen LogP contribution in [0.5, 0.6) is 0 Å². The maximum Gasteiger partial charge on any atom is 0.435 e. The number of halogens is 7. The lowest BCUT2D eigenvalue weighted by Gasteiger charge is -2.09. The highest BCUT2D eigenvalue weighted by molar-refractivity contribution is 5.92. The van der Waals surface area contributed by atoms with Gasteiger partial charge in [-0.25, -0.2) is 13.8 Å². The Morgan fingerprint density at radius 1 is 0.614 bits per heavy atom. The molecule has 9 nitrogen and oxygen atoms in total. The highest BCUT2D eigenvalue weighted by Gasteiger charge is 2.39. The van der Waals surface area contributed by atoms with E-state index in [2.05, 4.69) is 25.8 Å². The zero-order valence-electron chi connectivity index (χ0n) is 30.0. The standard InChI is InChI=1S/C21H17F4N3O.C20H17F3N4O/c22-15-5-1-13(2-6-15)11-20(29)26-16-7-9-17(10-8-16)28-18(14-3-4-14)12-19(27-28)21(23,24)25;21-20(22,23)18-12-17(13-4-5-13)27(26-18)16-8-6-14(7-9-16)25-19(28)11-15-3-1-2-10-24-15/h1-2,5-10,12,14H,3-4,11H2,(H,26,29);1-3,6-10,12-13H,4-5,11H2,(H,25,28). The zero-order chi connectivity index (χ0) is 40.3. The second-order valence-electron chi connectivity index (χ2n) is 13.8. The molecule has 8 rings (SSSR count). The maximum atomic E-state index is 13.0. The van der Waals surface area contributed by atoms with Crippen LogP contribution in [0.4, 0.5) is 42.1 Å². The number of rotatable bonds is 10. The zero-order valence-corrected chi connectivity index (χ0v) is 30.0. The Morgan fingerprint density at radius 2 is 1.07 bits per heavy atom. The summed E-state index contributed by atoms with van der Waals surface area (Å²) in [6, 6.07) is 26.3. The molecule has 2 fully saturated rings. The van der Waals surface area contributed by atoms with Crippen LogP contribution in [0.15, 0.2) is 109 Å². The molecule has 0 atom stereocenters. The monoisotopic (exact) mass is 789 g/mol. The molecule has 2 aliphatic carbocycles. The third-order valence-electron chi connectivity index (χ3n) is 9.18. The van der Waals surface area contributed by atoms with E-state index in [1.165, 1.54) is 33.6 Å². The molecule has 0 unspecified atom stereocenters. The molecule has 0 saturated heterocycles. The van der Waals surface area contributed by atoms with Crippen molar-refractivity contribution in [3.63, 3.8) is 0 Å². The molecule has 57 heavy (non-hydrogen) atoms. The van der Waals surface area contributed by atoms with E-state index in [9.17, 15) is 40.3 Å². The van der Waals surface area contributed by atoms with Crippen molar-refractivity contribution < 1.29 is 40.3 Å². The van der Waals surface area contributed by atoms with E-state index in [0.717, 1.165) is 37.8 Å². The minimum Gasteiger partial charge on any atom is -0.326 e. The first-order valence-electron chi connectivity index (χ1n) is 18.0. The second-order valence-corrected chi connectivity index (χ2v) is 13.8. The van der Waals surface area contributed by atoms with E-state index in [4.69, 9.17) is 0 Å². The summed E-state index contributed by atoms with van der Waals surface area (Å²) in [5.74, 6) is -0.664. The van der Waals surface area contributed by atoms with E-state index >= 15 is 0 Å². The fourth-order valence-electron chi connectivity index (χ4n) is 6.06. The SMILES string of the molecule is O=C(Cc1ccc(F)cc1)Nc1ccc(-n2nc(C(F)(F)F)cc2C2CC2)cc1.O=C(Cc1ccccn1)Nc1ccc(-n2nc(C(F)(F)F)cc2C2CC2)cc1. The van der Waals surface area contributed by atoms with Gasteiger partial charge in [0.25, 0.3) is 0 Å². The Morgan fingerprint density at radius 3 is 1.47 bits per heavy atom. The third-order valence-corrected chi connectivity index (χ3v) is 9.18. The van der Waals surface area contributed by atoms with E-state index in [1.54, 1.807) is 72.9 Å². The molecule has 3 aromatic carbocycles. The van der Waals surface area contributed by atoms with Crippen LogP contribution in [0.2, 0.25) is 0 Å². The Balaban J connectivity index is 0.000000174. The third kappa shape index (κ3) is 10.1. The lowest BCUT2D eigenvalue weighted by Crippen LogP contribution is -2.15. The Labute approximate surface area is 321 Å². The van der Waals surface area contributed by atoms with Gasteiger partial charge >= 0.3 is 12.4 Å². The van der Waals surface area contributed by atoms with Gasteiger partial charge in [-0.15, -0.1) is 0 Å². The van der Waals surface area contributed by atoms with Crippen LogP contribution < -0.4 is 10.6 Å². The summed E-state index contributed by atoms with van der Waals surface area (Å²) in [4.78, 5) is 28.4. The fraction of sp³-hybridized carbons (Fsp3) is 0.244. The molecule has 0 radical (unpaired) electrons. The molecular weight excluding hydrogens is 755 g/mol. The number of nitrogens with zero attached hydrogens (tertiary/aromatic N) is 5. The number of aromatic nitrogens is 5. The summed E-state index contributed by atoms with van der Waals surface area (Å²) in [5, 5.41) is 13.0. The summed E-state index contributed by atoms with van der Waals surface area (Å²) >= 11 is 0. The van der Waals surface area contributed by atoms with Crippen molar-refractivity contribution in [2.45, 2.75) is 62.7 Å². The van der Waals surface area contributed by atoms with Crippen molar-refractivity contribution in [3.05, 3.63) is 149 Å². The molecule has 0 bridgehead atoms. The molecule has 3 heterocycles. The highest BCUT2D eigenvalue weighted by Crippen LogP contribution is 2.44. The molecular formula is C41H34F7N7O2. The number of hydrogen-bond donors (Lipinski definition) is 2. The lowest BCUT2D eigenvalue weighted by molar-refractivity contribution is -0.142. The normalized spacial score (nSPS) is 14.1. The summed E-state index contributed by atoms with van der Waals surface area (Å²) in [6.07, 6.45) is -3.70. The molecule has 0 spiro atoms. The molecule has 3 aromatic heterocycles. The second kappa shape index (κ2) is 16.0. The number of anilines is 2. The maximum absolute atomic E-state index is 13.0. The molecule has 2 aliphatic rings. The minimum atomic E-state index is -4.50. The number of alkyl halides is 6. The van der Waals surface area contributed by atoms with Gasteiger partial charge in [-0.3, -0.25) is 14.6 Å². The number of hydrogen-bond acceptors (Lipinski definition) is 5. The molecule has 2 amide bonds.